The molecule has 0 aromatic carbocycles. The molecule has 1 aliphatic heterocycles. The first-order valence-electron chi connectivity index (χ1n) is 8.37. The third-order valence-corrected chi connectivity index (χ3v) is 4.73. The number of anilines is 1. The summed E-state index contributed by atoms with van der Waals surface area (Å²) in [5.74, 6) is 1.03. The molecule has 3 rings (SSSR count). The lowest BCUT2D eigenvalue weighted by molar-refractivity contribution is 0.187. The van der Waals surface area contributed by atoms with E-state index in [2.05, 4.69) is 32.0 Å². The second kappa shape index (κ2) is 7.18. The molecule has 1 N–H and O–H groups in total. The monoisotopic (exact) mass is 289 g/mol. The highest BCUT2D eigenvalue weighted by Crippen LogP contribution is 2.25. The summed E-state index contributed by atoms with van der Waals surface area (Å²) in [6.45, 7) is 8.38. The number of hydrogen-bond donors (Lipinski definition) is 1. The maximum absolute atomic E-state index is 4.58. The fraction of sp³-hybridized carbons (Fsp3) is 0.750. The second-order valence-electron chi connectivity index (χ2n) is 6.11. The van der Waals surface area contributed by atoms with Gasteiger partial charge in [-0.05, 0) is 19.4 Å². The molecule has 116 valence electrons. The molecule has 21 heavy (non-hydrogen) atoms. The Morgan fingerprint density at radius 2 is 1.86 bits per heavy atom. The highest BCUT2D eigenvalue weighted by Gasteiger charge is 2.26. The van der Waals surface area contributed by atoms with Crippen molar-refractivity contribution in [2.45, 2.75) is 45.2 Å². The van der Waals surface area contributed by atoms with E-state index in [4.69, 9.17) is 0 Å². The Labute approximate surface area is 127 Å². The molecule has 1 aromatic heterocycles. The largest absolute Gasteiger partial charge is 0.353 e. The van der Waals surface area contributed by atoms with E-state index in [9.17, 15) is 0 Å². The van der Waals surface area contributed by atoms with Gasteiger partial charge in [-0.2, -0.15) is 0 Å². The van der Waals surface area contributed by atoms with E-state index >= 15 is 0 Å². The molecule has 0 unspecified atom stereocenters. The lowest BCUT2D eigenvalue weighted by Crippen LogP contribution is -2.50. The van der Waals surface area contributed by atoms with Crippen molar-refractivity contribution in [2.75, 3.05) is 37.6 Å². The van der Waals surface area contributed by atoms with Gasteiger partial charge in [-0.1, -0.05) is 19.8 Å². The molecule has 0 bridgehead atoms. The summed E-state index contributed by atoms with van der Waals surface area (Å²) in [6.07, 6.45) is 9.48. The van der Waals surface area contributed by atoms with E-state index in [0.717, 1.165) is 43.7 Å². The van der Waals surface area contributed by atoms with Crippen LogP contribution in [0.25, 0.3) is 0 Å². The first-order valence-corrected chi connectivity index (χ1v) is 8.37. The van der Waals surface area contributed by atoms with Crippen molar-refractivity contribution in [2.24, 2.45) is 0 Å². The van der Waals surface area contributed by atoms with Gasteiger partial charge in [-0.25, -0.2) is 4.98 Å². The van der Waals surface area contributed by atoms with Crippen LogP contribution in [0.1, 0.15) is 38.3 Å². The molecule has 0 radical (unpaired) electrons. The van der Waals surface area contributed by atoms with Crippen molar-refractivity contribution < 1.29 is 0 Å². The van der Waals surface area contributed by atoms with Gasteiger partial charge in [0.25, 0.3) is 0 Å². The Balaban J connectivity index is 1.51. The smallest absolute Gasteiger partial charge is 0.147 e. The van der Waals surface area contributed by atoms with Crippen molar-refractivity contribution >= 4 is 5.82 Å². The summed E-state index contributed by atoms with van der Waals surface area (Å²) in [4.78, 5) is 14.1. The van der Waals surface area contributed by atoms with E-state index in [1.165, 1.54) is 38.8 Å². The Kier molecular flexibility index (Phi) is 5.04. The third kappa shape index (κ3) is 3.71. The van der Waals surface area contributed by atoms with Gasteiger partial charge in [-0.3, -0.25) is 9.88 Å². The van der Waals surface area contributed by atoms with Crippen molar-refractivity contribution in [1.82, 2.24) is 20.2 Å². The van der Waals surface area contributed by atoms with Crippen LogP contribution in [0.2, 0.25) is 0 Å². The molecule has 2 aliphatic rings. The van der Waals surface area contributed by atoms with Crippen molar-refractivity contribution in [3.05, 3.63) is 18.1 Å². The first-order chi connectivity index (χ1) is 10.4. The number of rotatable bonds is 5. The first kappa shape index (κ1) is 14.7. The maximum atomic E-state index is 4.58. The van der Waals surface area contributed by atoms with Crippen LogP contribution in [0.5, 0.6) is 0 Å². The van der Waals surface area contributed by atoms with Gasteiger partial charge in [0.2, 0.25) is 0 Å². The molecule has 2 fully saturated rings. The highest BCUT2D eigenvalue weighted by atomic mass is 15.3. The fourth-order valence-corrected chi connectivity index (χ4v) is 3.44. The number of nitrogens with zero attached hydrogens (tertiary/aromatic N) is 4. The molecule has 1 saturated heterocycles. The van der Waals surface area contributed by atoms with Crippen molar-refractivity contribution in [3.63, 3.8) is 0 Å². The molecule has 0 amide bonds. The van der Waals surface area contributed by atoms with Crippen LogP contribution in [-0.4, -0.2) is 53.6 Å². The molecule has 2 heterocycles. The summed E-state index contributed by atoms with van der Waals surface area (Å²) in [5.41, 5.74) is 1.02. The molecule has 5 nitrogen and oxygen atoms in total. The summed E-state index contributed by atoms with van der Waals surface area (Å²) < 4.78 is 0. The van der Waals surface area contributed by atoms with Gasteiger partial charge in [0.15, 0.2) is 0 Å². The summed E-state index contributed by atoms with van der Waals surface area (Å²) in [5, 5.41) is 3.28. The van der Waals surface area contributed by atoms with E-state index in [-0.39, 0.29) is 0 Å². The van der Waals surface area contributed by atoms with Gasteiger partial charge in [0.1, 0.15) is 5.82 Å². The highest BCUT2D eigenvalue weighted by molar-refractivity contribution is 5.36. The van der Waals surface area contributed by atoms with Gasteiger partial charge in [0, 0.05) is 38.8 Å². The summed E-state index contributed by atoms with van der Waals surface area (Å²) >= 11 is 0. The van der Waals surface area contributed by atoms with E-state index in [0.29, 0.717) is 0 Å². The van der Waals surface area contributed by atoms with E-state index < -0.39 is 0 Å². The van der Waals surface area contributed by atoms with Crippen LogP contribution >= 0.6 is 0 Å². The number of aromatic nitrogens is 2. The number of hydrogen-bond acceptors (Lipinski definition) is 5. The number of nitrogens with one attached hydrogen (secondary N) is 1. The fourth-order valence-electron chi connectivity index (χ4n) is 3.44. The lowest BCUT2D eigenvalue weighted by Gasteiger charge is -2.38. The Morgan fingerprint density at radius 1 is 1.10 bits per heavy atom. The van der Waals surface area contributed by atoms with E-state index in [1.807, 2.05) is 12.4 Å². The third-order valence-electron chi connectivity index (χ3n) is 4.73. The molecular weight excluding hydrogens is 262 g/mol. The van der Waals surface area contributed by atoms with Crippen LogP contribution in [0.4, 0.5) is 5.82 Å². The molecule has 1 saturated carbocycles. The standard InChI is InChI=1S/C16H27N5/c1-2-17-11-14-12-19-16(13-18-14)21-9-7-20(8-10-21)15-5-3-4-6-15/h12-13,15,17H,2-11H2,1H3. The van der Waals surface area contributed by atoms with Crippen LogP contribution in [-0.2, 0) is 6.54 Å². The predicted octanol–water partition coefficient (Wildman–Crippen LogP) is 1.65. The second-order valence-corrected chi connectivity index (χ2v) is 6.11. The van der Waals surface area contributed by atoms with Gasteiger partial charge in [0.05, 0.1) is 18.1 Å². The molecule has 1 aromatic rings. The Bertz CT molecular complexity index is 419. The van der Waals surface area contributed by atoms with Gasteiger partial charge in [-0.15, -0.1) is 0 Å². The Hall–Kier alpha value is -1.20. The minimum Gasteiger partial charge on any atom is -0.353 e. The minimum absolute atomic E-state index is 0.805. The quantitative estimate of drug-likeness (QED) is 0.893. The normalized spacial score (nSPS) is 21.1. The maximum Gasteiger partial charge on any atom is 0.147 e. The molecule has 5 heteroatoms. The summed E-state index contributed by atoms with van der Waals surface area (Å²) in [6, 6.07) is 0.848. The molecular formula is C16H27N5. The predicted molar refractivity (Wildman–Crippen MR) is 85.5 cm³/mol. The average molecular weight is 289 g/mol. The van der Waals surface area contributed by atoms with Crippen molar-refractivity contribution in [3.8, 4) is 0 Å². The van der Waals surface area contributed by atoms with Crippen LogP contribution < -0.4 is 10.2 Å². The van der Waals surface area contributed by atoms with Gasteiger partial charge >= 0.3 is 0 Å². The van der Waals surface area contributed by atoms with Gasteiger partial charge < -0.3 is 10.2 Å². The van der Waals surface area contributed by atoms with Crippen LogP contribution in [0.3, 0.4) is 0 Å². The van der Waals surface area contributed by atoms with Crippen LogP contribution in [0.15, 0.2) is 12.4 Å². The number of piperazine rings is 1. The zero-order chi connectivity index (χ0) is 14.5. The lowest BCUT2D eigenvalue weighted by atomic mass is 10.2. The molecule has 0 spiro atoms. The van der Waals surface area contributed by atoms with E-state index in [1.54, 1.807) is 0 Å². The molecule has 0 atom stereocenters. The van der Waals surface area contributed by atoms with Crippen molar-refractivity contribution in [1.29, 1.82) is 0 Å². The molecule has 1 aliphatic carbocycles. The Morgan fingerprint density at radius 3 is 2.48 bits per heavy atom. The average Bonchev–Trinajstić information content (AvgIpc) is 3.08. The SMILES string of the molecule is CCNCc1cnc(N2CCN(C3CCCC3)CC2)cn1. The van der Waals surface area contributed by atoms with Crippen LogP contribution in [0, 0.1) is 0 Å². The zero-order valence-corrected chi connectivity index (χ0v) is 13.1. The minimum atomic E-state index is 0.805. The zero-order valence-electron chi connectivity index (χ0n) is 13.1. The topological polar surface area (TPSA) is 44.3 Å². The summed E-state index contributed by atoms with van der Waals surface area (Å²) in [7, 11) is 0.